The fourth-order valence-corrected chi connectivity index (χ4v) is 4.17. The summed E-state index contributed by atoms with van der Waals surface area (Å²) < 4.78 is 11.0. The topological polar surface area (TPSA) is 74.2 Å². The van der Waals surface area contributed by atoms with Crippen molar-refractivity contribution >= 4 is 17.7 Å². The van der Waals surface area contributed by atoms with Crippen LogP contribution >= 0.6 is 0 Å². The van der Waals surface area contributed by atoms with E-state index < -0.39 is 5.97 Å². The number of carbonyl (C=O) groups excluding carboxylic acids is 2. The van der Waals surface area contributed by atoms with Crippen molar-refractivity contribution in [3.63, 3.8) is 0 Å². The number of hydrogen-bond acceptors (Lipinski definition) is 6. The summed E-state index contributed by atoms with van der Waals surface area (Å²) in [6, 6.07) is 13.7. The molecule has 0 aromatic heterocycles. The lowest BCUT2D eigenvalue weighted by Gasteiger charge is -2.13. The Morgan fingerprint density at radius 1 is 0.889 bits per heavy atom. The molecule has 0 saturated heterocycles. The highest BCUT2D eigenvalue weighted by molar-refractivity contribution is 6.02. The van der Waals surface area contributed by atoms with Crippen molar-refractivity contribution in [2.45, 2.75) is 97.2 Å². The molecule has 1 aliphatic rings. The van der Waals surface area contributed by atoms with E-state index in [-0.39, 0.29) is 18.2 Å². The molecule has 0 fully saturated rings. The summed E-state index contributed by atoms with van der Waals surface area (Å²) in [6.45, 7) is 6.28. The average molecular weight is 494 g/mol. The molecule has 0 aliphatic carbocycles. The molecule has 0 radical (unpaired) electrons. The first-order valence-electron chi connectivity index (χ1n) is 13.4. The monoisotopic (exact) mass is 493 g/mol. The molecule has 6 heteroatoms. The van der Waals surface area contributed by atoms with Gasteiger partial charge in [0.15, 0.2) is 0 Å². The maximum atomic E-state index is 12.6. The Kier molecular flexibility index (Phi) is 11.0. The summed E-state index contributed by atoms with van der Waals surface area (Å²) in [6.07, 6.45) is 10.8. The Bertz CT molecular complexity index is 997. The third kappa shape index (κ3) is 8.51. The highest BCUT2D eigenvalue weighted by Gasteiger charge is 2.22. The molecule has 6 nitrogen and oxygen atoms in total. The molecule has 0 spiro atoms. The quantitative estimate of drug-likeness (QED) is 0.155. The third-order valence-corrected chi connectivity index (χ3v) is 6.39. The first-order valence-corrected chi connectivity index (χ1v) is 13.4. The zero-order chi connectivity index (χ0) is 25.8. The van der Waals surface area contributed by atoms with E-state index in [4.69, 9.17) is 14.3 Å². The molecule has 2 atom stereocenters. The maximum absolute atomic E-state index is 12.6. The van der Waals surface area contributed by atoms with Gasteiger partial charge in [0.2, 0.25) is 0 Å². The molecule has 3 rings (SSSR count). The lowest BCUT2D eigenvalue weighted by atomic mass is 10.0. The van der Waals surface area contributed by atoms with Gasteiger partial charge in [-0.1, -0.05) is 63.2 Å². The van der Waals surface area contributed by atoms with Gasteiger partial charge in [0.1, 0.15) is 11.9 Å². The van der Waals surface area contributed by atoms with Crippen LogP contribution in [0.25, 0.3) is 0 Å². The van der Waals surface area contributed by atoms with Gasteiger partial charge in [-0.05, 0) is 74.6 Å². The van der Waals surface area contributed by atoms with Gasteiger partial charge >= 0.3 is 11.9 Å². The van der Waals surface area contributed by atoms with Crippen LogP contribution in [0.4, 0.5) is 0 Å². The number of nitrogens with zero attached hydrogens (tertiary/aromatic N) is 1. The Morgan fingerprint density at radius 3 is 2.22 bits per heavy atom. The van der Waals surface area contributed by atoms with Crippen LogP contribution in [-0.2, 0) is 9.57 Å². The number of esters is 2. The number of hydrogen-bond donors (Lipinski definition) is 0. The van der Waals surface area contributed by atoms with Crippen LogP contribution in [0, 0.1) is 0 Å². The highest BCUT2D eigenvalue weighted by atomic mass is 16.6. The van der Waals surface area contributed by atoms with Crippen molar-refractivity contribution < 1.29 is 23.9 Å². The standard InChI is InChI=1S/C30H39NO5/c1-4-6-8-10-11-22(3)34-29(32)25-17-19-26(20-18-25)35-30(33)24-15-13-23(14-16-24)28-21-27(36-31-28)12-9-7-5-2/h13-20,22,27H,4-12,21H2,1-3H3/t22-,27?/m1/s1. The first kappa shape index (κ1) is 27.4. The molecule has 36 heavy (non-hydrogen) atoms. The Morgan fingerprint density at radius 2 is 1.53 bits per heavy atom. The number of rotatable bonds is 14. The lowest BCUT2D eigenvalue weighted by Crippen LogP contribution is -2.15. The normalized spacial score (nSPS) is 15.6. The van der Waals surface area contributed by atoms with Gasteiger partial charge < -0.3 is 14.3 Å². The van der Waals surface area contributed by atoms with E-state index in [1.807, 2.05) is 19.1 Å². The van der Waals surface area contributed by atoms with Crippen LogP contribution in [0.15, 0.2) is 53.7 Å². The van der Waals surface area contributed by atoms with E-state index in [0.29, 0.717) is 16.9 Å². The Balaban J connectivity index is 1.47. The zero-order valence-corrected chi connectivity index (χ0v) is 21.8. The molecule has 2 aromatic rings. The minimum Gasteiger partial charge on any atom is -0.459 e. The fraction of sp³-hybridized carbons (Fsp3) is 0.500. The highest BCUT2D eigenvalue weighted by Crippen LogP contribution is 2.22. The van der Waals surface area contributed by atoms with E-state index >= 15 is 0 Å². The zero-order valence-electron chi connectivity index (χ0n) is 21.8. The average Bonchev–Trinajstić information content (AvgIpc) is 3.36. The molecular weight excluding hydrogens is 454 g/mol. The summed E-state index contributed by atoms with van der Waals surface area (Å²) in [5.41, 5.74) is 2.74. The number of unbranched alkanes of at least 4 members (excludes halogenated alkanes) is 5. The maximum Gasteiger partial charge on any atom is 0.343 e. The van der Waals surface area contributed by atoms with E-state index in [1.54, 1.807) is 36.4 Å². The molecular formula is C30H39NO5. The predicted octanol–water partition coefficient (Wildman–Crippen LogP) is 7.49. The van der Waals surface area contributed by atoms with Crippen LogP contribution in [0.3, 0.4) is 0 Å². The predicted molar refractivity (Wildman–Crippen MR) is 142 cm³/mol. The summed E-state index contributed by atoms with van der Waals surface area (Å²) in [4.78, 5) is 30.5. The van der Waals surface area contributed by atoms with E-state index in [0.717, 1.165) is 49.8 Å². The van der Waals surface area contributed by atoms with Crippen LogP contribution in [0.5, 0.6) is 5.75 Å². The van der Waals surface area contributed by atoms with Crippen LogP contribution in [0.1, 0.15) is 111 Å². The van der Waals surface area contributed by atoms with Crippen molar-refractivity contribution in [2.24, 2.45) is 5.16 Å². The smallest absolute Gasteiger partial charge is 0.343 e. The minimum atomic E-state index is -0.459. The number of carbonyl (C=O) groups is 2. The molecule has 0 N–H and O–H groups in total. The Hall–Kier alpha value is -3.15. The lowest BCUT2D eigenvalue weighted by molar-refractivity contribution is 0.0319. The van der Waals surface area contributed by atoms with Gasteiger partial charge in [0, 0.05) is 6.42 Å². The molecule has 1 aliphatic heterocycles. The SMILES string of the molecule is CCCCCC[C@@H](C)OC(=O)c1ccc(OC(=O)c2ccc(C3=NOC(CCCCC)C3)cc2)cc1. The summed E-state index contributed by atoms with van der Waals surface area (Å²) in [5.74, 6) is -0.450. The van der Waals surface area contributed by atoms with Crippen molar-refractivity contribution in [3.8, 4) is 5.75 Å². The van der Waals surface area contributed by atoms with E-state index in [1.165, 1.54) is 25.7 Å². The van der Waals surface area contributed by atoms with E-state index in [9.17, 15) is 9.59 Å². The number of oxime groups is 1. The van der Waals surface area contributed by atoms with Gasteiger partial charge in [0.05, 0.1) is 22.9 Å². The minimum absolute atomic E-state index is 0.122. The van der Waals surface area contributed by atoms with Gasteiger partial charge in [-0.15, -0.1) is 0 Å². The molecule has 0 amide bonds. The molecule has 1 unspecified atom stereocenters. The fourth-order valence-electron chi connectivity index (χ4n) is 4.17. The van der Waals surface area contributed by atoms with Gasteiger partial charge in [0.25, 0.3) is 0 Å². The molecule has 0 bridgehead atoms. The number of ether oxygens (including phenoxy) is 2. The van der Waals surface area contributed by atoms with Crippen LogP contribution in [-0.4, -0.2) is 29.9 Å². The molecule has 1 heterocycles. The second kappa shape index (κ2) is 14.4. The van der Waals surface area contributed by atoms with Crippen molar-refractivity contribution in [3.05, 3.63) is 65.2 Å². The largest absolute Gasteiger partial charge is 0.459 e. The van der Waals surface area contributed by atoms with E-state index in [2.05, 4.69) is 19.0 Å². The van der Waals surface area contributed by atoms with Crippen molar-refractivity contribution in [1.82, 2.24) is 0 Å². The summed E-state index contributed by atoms with van der Waals surface area (Å²) in [5, 5.41) is 4.23. The first-order chi connectivity index (χ1) is 17.5. The Labute approximate surface area is 215 Å². The van der Waals surface area contributed by atoms with Crippen molar-refractivity contribution in [2.75, 3.05) is 0 Å². The second-order valence-corrected chi connectivity index (χ2v) is 9.52. The van der Waals surface area contributed by atoms with Crippen LogP contribution in [0.2, 0.25) is 0 Å². The third-order valence-electron chi connectivity index (χ3n) is 6.39. The number of benzene rings is 2. The molecule has 0 saturated carbocycles. The van der Waals surface area contributed by atoms with Gasteiger partial charge in [-0.3, -0.25) is 0 Å². The van der Waals surface area contributed by atoms with Crippen molar-refractivity contribution in [1.29, 1.82) is 0 Å². The van der Waals surface area contributed by atoms with Crippen LogP contribution < -0.4 is 4.74 Å². The van der Waals surface area contributed by atoms with Gasteiger partial charge in [-0.25, -0.2) is 9.59 Å². The summed E-state index contributed by atoms with van der Waals surface area (Å²) in [7, 11) is 0. The molecule has 2 aromatic carbocycles. The molecule has 194 valence electrons. The summed E-state index contributed by atoms with van der Waals surface area (Å²) >= 11 is 0. The second-order valence-electron chi connectivity index (χ2n) is 9.52. The van der Waals surface area contributed by atoms with Gasteiger partial charge in [-0.2, -0.15) is 0 Å².